The van der Waals surface area contributed by atoms with Crippen LogP contribution < -0.4 is 0 Å². The van der Waals surface area contributed by atoms with E-state index in [0.717, 1.165) is 12.0 Å². The maximum Gasteiger partial charge on any atom is 0.396 e. The molecular formula is C21H35NO2Si. The summed E-state index contributed by atoms with van der Waals surface area (Å²) in [6.45, 7) is 18.2. The highest BCUT2D eigenvalue weighted by atomic mass is 28.4. The van der Waals surface area contributed by atoms with Crippen LogP contribution in [0.4, 0.5) is 4.79 Å². The Hall–Kier alpha value is -1.55. The number of amides is 1. The fourth-order valence-electron chi connectivity index (χ4n) is 3.86. The summed E-state index contributed by atoms with van der Waals surface area (Å²) in [6.07, 6.45) is 2.44. The first-order valence-electron chi connectivity index (χ1n) is 9.38. The summed E-state index contributed by atoms with van der Waals surface area (Å²) in [6, 6.07) is 10.1. The van der Waals surface area contributed by atoms with Crippen molar-refractivity contribution in [3.05, 3.63) is 48.6 Å². The van der Waals surface area contributed by atoms with Gasteiger partial charge in [0.05, 0.1) is 0 Å². The van der Waals surface area contributed by atoms with E-state index in [9.17, 15) is 4.79 Å². The average Bonchev–Trinajstić information content (AvgIpc) is 2.56. The number of carbonyl (C=O) groups excluding carboxylic acids is 1. The molecule has 3 nitrogen and oxygen atoms in total. The molecular weight excluding hydrogens is 326 g/mol. The summed E-state index contributed by atoms with van der Waals surface area (Å²) in [5.41, 5.74) is 2.27. The highest BCUT2D eigenvalue weighted by Crippen LogP contribution is 2.42. The number of benzene rings is 1. The molecule has 1 aromatic carbocycles. The second-order valence-electron chi connectivity index (χ2n) is 7.67. The fourth-order valence-corrected chi connectivity index (χ4v) is 8.99. The quantitative estimate of drug-likeness (QED) is 0.377. The summed E-state index contributed by atoms with van der Waals surface area (Å²) in [7, 11) is -2.23. The SMILES string of the molecule is C=CCCN(Cc1ccccc1)C(=O)O[Si](C(C)C)(C(C)C)C(C)C. The minimum atomic E-state index is -2.23. The second-order valence-corrected chi connectivity index (χ2v) is 13.0. The molecule has 140 valence electrons. The lowest BCUT2D eigenvalue weighted by Gasteiger charge is -2.42. The Morgan fingerprint density at radius 2 is 1.60 bits per heavy atom. The maximum absolute atomic E-state index is 13.1. The van der Waals surface area contributed by atoms with Gasteiger partial charge in [-0.3, -0.25) is 0 Å². The predicted molar refractivity (Wildman–Crippen MR) is 109 cm³/mol. The molecule has 0 bridgehead atoms. The van der Waals surface area contributed by atoms with Crippen LogP contribution in [0, 0.1) is 0 Å². The van der Waals surface area contributed by atoms with Crippen LogP contribution in [-0.4, -0.2) is 25.9 Å². The van der Waals surface area contributed by atoms with Crippen LogP contribution in [0.1, 0.15) is 53.5 Å². The standard InChI is InChI=1S/C21H35NO2Si/c1-8-9-15-22(16-20-13-11-10-12-14-20)21(23)24-25(17(2)3,18(4)5)19(6)7/h8,10-14,17-19H,1,9,15-16H2,2-7H3. The normalized spacial score (nSPS) is 11.9. The molecule has 25 heavy (non-hydrogen) atoms. The number of rotatable bonds is 9. The summed E-state index contributed by atoms with van der Waals surface area (Å²) in [5.74, 6) is 0. The third-order valence-corrected chi connectivity index (χ3v) is 11.0. The average molecular weight is 362 g/mol. The molecule has 0 radical (unpaired) electrons. The minimum Gasteiger partial charge on any atom is -0.503 e. The van der Waals surface area contributed by atoms with Crippen molar-refractivity contribution in [3.63, 3.8) is 0 Å². The number of hydrogen-bond acceptors (Lipinski definition) is 2. The molecule has 4 heteroatoms. The third-order valence-electron chi connectivity index (χ3n) is 5.05. The first-order chi connectivity index (χ1) is 11.8. The van der Waals surface area contributed by atoms with Crippen molar-refractivity contribution in [3.8, 4) is 0 Å². The summed E-state index contributed by atoms with van der Waals surface area (Å²) in [5, 5.41) is 0. The Morgan fingerprint density at radius 1 is 1.08 bits per heavy atom. The Labute approximate surface area is 155 Å². The summed E-state index contributed by atoms with van der Waals surface area (Å²) < 4.78 is 6.35. The van der Waals surface area contributed by atoms with Crippen LogP contribution in [-0.2, 0) is 11.0 Å². The molecule has 0 aliphatic rings. The van der Waals surface area contributed by atoms with Gasteiger partial charge in [0.2, 0.25) is 0 Å². The third kappa shape index (κ3) is 5.46. The Bertz CT molecular complexity index is 518. The van der Waals surface area contributed by atoms with E-state index in [1.807, 2.05) is 41.3 Å². The summed E-state index contributed by atoms with van der Waals surface area (Å²) in [4.78, 5) is 14.9. The molecule has 0 fully saturated rings. The lowest BCUT2D eigenvalue weighted by atomic mass is 10.2. The monoisotopic (exact) mass is 361 g/mol. The summed E-state index contributed by atoms with van der Waals surface area (Å²) >= 11 is 0. The lowest BCUT2D eigenvalue weighted by molar-refractivity contribution is 0.143. The predicted octanol–water partition coefficient (Wildman–Crippen LogP) is 6.38. The van der Waals surface area contributed by atoms with E-state index in [1.54, 1.807) is 0 Å². The molecule has 0 saturated carbocycles. The molecule has 1 rings (SSSR count). The molecule has 1 amide bonds. The number of nitrogens with zero attached hydrogens (tertiary/aromatic N) is 1. The minimum absolute atomic E-state index is 0.173. The van der Waals surface area contributed by atoms with E-state index in [-0.39, 0.29) is 6.09 Å². The smallest absolute Gasteiger partial charge is 0.396 e. The lowest BCUT2D eigenvalue weighted by Crippen LogP contribution is -2.51. The van der Waals surface area contributed by atoms with Gasteiger partial charge in [-0.1, -0.05) is 78.0 Å². The van der Waals surface area contributed by atoms with E-state index >= 15 is 0 Å². The van der Waals surface area contributed by atoms with Gasteiger partial charge in [0.1, 0.15) is 0 Å². The Balaban J connectivity index is 3.04. The first kappa shape index (κ1) is 21.5. The molecule has 0 spiro atoms. The van der Waals surface area contributed by atoms with Gasteiger partial charge in [-0.2, -0.15) is 0 Å². The van der Waals surface area contributed by atoms with Gasteiger partial charge in [-0.25, -0.2) is 4.79 Å². The largest absolute Gasteiger partial charge is 0.503 e. The highest BCUT2D eigenvalue weighted by Gasteiger charge is 2.48. The Morgan fingerprint density at radius 3 is 2.04 bits per heavy atom. The molecule has 0 aromatic heterocycles. The van der Waals surface area contributed by atoms with Crippen molar-refractivity contribution in [1.82, 2.24) is 4.90 Å². The van der Waals surface area contributed by atoms with Crippen molar-refractivity contribution >= 4 is 14.4 Å². The van der Waals surface area contributed by atoms with Gasteiger partial charge in [0, 0.05) is 13.1 Å². The van der Waals surface area contributed by atoms with E-state index in [0.29, 0.717) is 29.7 Å². The zero-order chi connectivity index (χ0) is 19.0. The maximum atomic E-state index is 13.1. The first-order valence-corrected chi connectivity index (χ1v) is 11.5. The molecule has 0 saturated heterocycles. The van der Waals surface area contributed by atoms with Gasteiger partial charge >= 0.3 is 6.09 Å². The van der Waals surface area contributed by atoms with Crippen LogP contribution in [0.15, 0.2) is 43.0 Å². The molecule has 0 aliphatic carbocycles. The van der Waals surface area contributed by atoms with Crippen molar-refractivity contribution in [2.24, 2.45) is 0 Å². The molecule has 0 N–H and O–H groups in total. The van der Waals surface area contributed by atoms with Gasteiger partial charge in [-0.05, 0) is 28.6 Å². The molecule has 0 heterocycles. The van der Waals surface area contributed by atoms with Gasteiger partial charge in [-0.15, -0.1) is 6.58 Å². The second kappa shape index (κ2) is 9.81. The fraction of sp³-hybridized carbons (Fsp3) is 0.571. The van der Waals surface area contributed by atoms with Crippen molar-refractivity contribution < 1.29 is 9.22 Å². The number of hydrogen-bond donors (Lipinski definition) is 0. The van der Waals surface area contributed by atoms with E-state index < -0.39 is 8.32 Å². The van der Waals surface area contributed by atoms with Crippen molar-refractivity contribution in [1.29, 1.82) is 0 Å². The zero-order valence-corrected chi connectivity index (χ0v) is 17.8. The van der Waals surface area contributed by atoms with E-state index in [1.165, 1.54) is 0 Å². The van der Waals surface area contributed by atoms with Crippen LogP contribution in [0.25, 0.3) is 0 Å². The van der Waals surface area contributed by atoms with Crippen molar-refractivity contribution in [2.45, 2.75) is 71.1 Å². The highest BCUT2D eigenvalue weighted by molar-refractivity contribution is 6.78. The zero-order valence-electron chi connectivity index (χ0n) is 16.8. The van der Waals surface area contributed by atoms with Gasteiger partial charge in [0.25, 0.3) is 8.32 Å². The molecule has 0 unspecified atom stereocenters. The number of carbonyl (C=O) groups is 1. The molecule has 0 atom stereocenters. The van der Waals surface area contributed by atoms with Gasteiger partial charge in [0.15, 0.2) is 0 Å². The Kier molecular flexibility index (Phi) is 8.43. The topological polar surface area (TPSA) is 29.5 Å². The van der Waals surface area contributed by atoms with Crippen LogP contribution in [0.3, 0.4) is 0 Å². The van der Waals surface area contributed by atoms with E-state index in [4.69, 9.17) is 4.43 Å². The molecule has 1 aromatic rings. The van der Waals surface area contributed by atoms with E-state index in [2.05, 4.69) is 48.1 Å². The van der Waals surface area contributed by atoms with Crippen LogP contribution in [0.5, 0.6) is 0 Å². The van der Waals surface area contributed by atoms with Crippen molar-refractivity contribution in [2.75, 3.05) is 6.54 Å². The molecule has 0 aliphatic heterocycles. The van der Waals surface area contributed by atoms with Crippen LogP contribution in [0.2, 0.25) is 16.6 Å². The van der Waals surface area contributed by atoms with Gasteiger partial charge < -0.3 is 9.33 Å². The van der Waals surface area contributed by atoms with Crippen LogP contribution >= 0.6 is 0 Å².